The number of methoxy groups -OCH3 is 1. The summed E-state index contributed by atoms with van der Waals surface area (Å²) < 4.78 is 31.2. The van der Waals surface area contributed by atoms with Crippen LogP contribution in [0.15, 0.2) is 67.3 Å². The van der Waals surface area contributed by atoms with Gasteiger partial charge in [-0.1, -0.05) is 76.2 Å². The highest BCUT2D eigenvalue weighted by Crippen LogP contribution is 2.41. The molecule has 1 aliphatic rings. The Hall–Kier alpha value is -1.96. The molecule has 0 radical (unpaired) electrons. The maximum atomic E-state index is 7.02. The highest BCUT2D eigenvalue weighted by Gasteiger charge is 2.43. The van der Waals surface area contributed by atoms with Crippen molar-refractivity contribution in [2.75, 3.05) is 20.3 Å². The van der Waals surface area contributed by atoms with Crippen molar-refractivity contribution in [2.24, 2.45) is 11.8 Å². The topological polar surface area (TPSA) is 46.2 Å². The molecule has 3 rings (SSSR count). The van der Waals surface area contributed by atoms with E-state index in [4.69, 9.17) is 23.4 Å². The van der Waals surface area contributed by atoms with Crippen molar-refractivity contribution in [3.05, 3.63) is 78.4 Å². The van der Waals surface area contributed by atoms with Crippen molar-refractivity contribution in [1.29, 1.82) is 0 Å². The fourth-order valence-corrected chi connectivity index (χ4v) is 5.83. The number of benzene rings is 2. The summed E-state index contributed by atoms with van der Waals surface area (Å²) in [4.78, 5) is 0. The minimum atomic E-state index is -2.02. The van der Waals surface area contributed by atoms with Crippen LogP contribution in [-0.4, -0.2) is 40.8 Å². The second kappa shape index (κ2) is 13.2. The van der Waals surface area contributed by atoms with E-state index in [0.29, 0.717) is 19.8 Å². The first kappa shape index (κ1) is 29.6. The van der Waals surface area contributed by atoms with E-state index in [1.165, 1.54) is 5.56 Å². The molecule has 37 heavy (non-hydrogen) atoms. The van der Waals surface area contributed by atoms with Crippen molar-refractivity contribution in [1.82, 2.24) is 0 Å². The molecule has 5 atom stereocenters. The molecular formula is C31H46O5Si. The van der Waals surface area contributed by atoms with Gasteiger partial charge >= 0.3 is 0 Å². The highest BCUT2D eigenvalue weighted by atomic mass is 28.4. The number of hydrogen-bond acceptors (Lipinski definition) is 5. The third kappa shape index (κ3) is 8.01. The molecule has 1 saturated heterocycles. The zero-order valence-electron chi connectivity index (χ0n) is 23.7. The molecule has 1 aliphatic heterocycles. The molecule has 2 aromatic rings. The van der Waals surface area contributed by atoms with Crippen molar-refractivity contribution >= 4 is 8.32 Å². The average Bonchev–Trinajstić information content (AvgIpc) is 2.89. The van der Waals surface area contributed by atoms with Crippen LogP contribution in [0.2, 0.25) is 18.1 Å². The largest absolute Gasteiger partial charge is 0.497 e. The van der Waals surface area contributed by atoms with E-state index in [1.807, 2.05) is 48.5 Å². The van der Waals surface area contributed by atoms with Gasteiger partial charge in [0, 0.05) is 24.0 Å². The summed E-state index contributed by atoms with van der Waals surface area (Å²) >= 11 is 0. The Morgan fingerprint density at radius 3 is 2.35 bits per heavy atom. The van der Waals surface area contributed by atoms with E-state index in [0.717, 1.165) is 17.7 Å². The Labute approximate surface area is 225 Å². The van der Waals surface area contributed by atoms with Crippen molar-refractivity contribution < 1.29 is 23.4 Å². The quantitative estimate of drug-likeness (QED) is 0.162. The lowest BCUT2D eigenvalue weighted by atomic mass is 9.86. The predicted octanol–water partition coefficient (Wildman–Crippen LogP) is 7.54. The van der Waals surface area contributed by atoms with Gasteiger partial charge in [-0.3, -0.25) is 0 Å². The SMILES string of the molecule is C=C[C@H]1COC(c2ccc(OC)cc2)O[C@H]1[C@H](C)[C@H](CCOCc1ccccc1)O[Si](C)(C)C(C)(C)C. The average molecular weight is 527 g/mol. The zero-order valence-corrected chi connectivity index (χ0v) is 24.7. The van der Waals surface area contributed by atoms with Crippen LogP contribution in [0.25, 0.3) is 0 Å². The maximum absolute atomic E-state index is 7.02. The summed E-state index contributed by atoms with van der Waals surface area (Å²) in [5.74, 6) is 1.02. The summed E-state index contributed by atoms with van der Waals surface area (Å²) in [6.45, 7) is 19.6. The number of rotatable bonds is 12. The minimum absolute atomic E-state index is 0.00117. The van der Waals surface area contributed by atoms with Gasteiger partial charge < -0.3 is 23.4 Å². The Morgan fingerprint density at radius 2 is 1.76 bits per heavy atom. The first-order valence-corrected chi connectivity index (χ1v) is 16.3. The highest BCUT2D eigenvalue weighted by molar-refractivity contribution is 6.74. The second-order valence-corrected chi connectivity index (χ2v) is 16.3. The summed E-state index contributed by atoms with van der Waals surface area (Å²) in [5.41, 5.74) is 2.16. The monoisotopic (exact) mass is 526 g/mol. The van der Waals surface area contributed by atoms with Gasteiger partial charge in [0.25, 0.3) is 0 Å². The molecule has 1 fully saturated rings. The van der Waals surface area contributed by atoms with Gasteiger partial charge in [0.05, 0.1) is 32.5 Å². The van der Waals surface area contributed by atoms with Gasteiger partial charge in [-0.15, -0.1) is 6.58 Å². The first-order valence-electron chi connectivity index (χ1n) is 13.4. The smallest absolute Gasteiger partial charge is 0.192 e. The molecular weight excluding hydrogens is 480 g/mol. The fourth-order valence-electron chi connectivity index (χ4n) is 4.39. The van der Waals surface area contributed by atoms with Crippen molar-refractivity contribution in [3.63, 3.8) is 0 Å². The molecule has 0 saturated carbocycles. The molecule has 0 aromatic heterocycles. The standard InChI is InChI=1S/C31H46O5Si/c1-9-25-22-34-30(26-15-17-27(32-6)18-16-26)35-29(25)23(2)28(36-37(7,8)31(3,4)5)19-20-33-21-24-13-11-10-12-14-24/h9-18,23,25,28-30H,1,19-22H2,2-8H3/t23-,25+,28+,29+,30?/m1/s1. The van der Waals surface area contributed by atoms with E-state index < -0.39 is 14.6 Å². The molecule has 0 bridgehead atoms. The molecule has 1 unspecified atom stereocenters. The third-order valence-electron chi connectivity index (χ3n) is 7.85. The first-order chi connectivity index (χ1) is 17.6. The van der Waals surface area contributed by atoms with E-state index in [2.05, 4.69) is 59.5 Å². The molecule has 1 heterocycles. The van der Waals surface area contributed by atoms with Gasteiger partial charge in [-0.05, 0) is 42.2 Å². The van der Waals surface area contributed by atoms with Crippen LogP contribution < -0.4 is 4.74 Å². The molecule has 6 heteroatoms. The van der Waals surface area contributed by atoms with Crippen LogP contribution in [0.3, 0.4) is 0 Å². The zero-order chi connectivity index (χ0) is 27.1. The van der Waals surface area contributed by atoms with Crippen LogP contribution in [0.1, 0.15) is 51.5 Å². The van der Waals surface area contributed by atoms with Gasteiger partial charge in [0.1, 0.15) is 5.75 Å². The van der Waals surface area contributed by atoms with Gasteiger partial charge in [0.15, 0.2) is 14.6 Å². The summed E-state index contributed by atoms with van der Waals surface area (Å²) in [7, 11) is -0.356. The molecule has 0 spiro atoms. The van der Waals surface area contributed by atoms with Crippen molar-refractivity contribution in [3.8, 4) is 5.75 Å². The lowest BCUT2D eigenvalue weighted by molar-refractivity contribution is -0.250. The third-order valence-corrected chi connectivity index (χ3v) is 12.4. The van der Waals surface area contributed by atoms with Crippen LogP contribution in [0.4, 0.5) is 0 Å². The van der Waals surface area contributed by atoms with E-state index in [9.17, 15) is 0 Å². The summed E-state index contributed by atoms with van der Waals surface area (Å²) in [6.07, 6.45) is 2.25. The molecule has 0 aliphatic carbocycles. The number of hydrogen-bond donors (Lipinski definition) is 0. The Balaban J connectivity index is 1.75. The fraction of sp³-hybridized carbons (Fsp3) is 0.548. The van der Waals surface area contributed by atoms with Crippen LogP contribution >= 0.6 is 0 Å². The van der Waals surface area contributed by atoms with E-state index in [1.54, 1.807) is 7.11 Å². The van der Waals surface area contributed by atoms with E-state index in [-0.39, 0.29) is 29.1 Å². The molecule has 0 amide bonds. The van der Waals surface area contributed by atoms with Gasteiger partial charge in [-0.25, -0.2) is 0 Å². The van der Waals surface area contributed by atoms with Crippen LogP contribution in [0.5, 0.6) is 5.75 Å². The van der Waals surface area contributed by atoms with E-state index >= 15 is 0 Å². The summed E-state index contributed by atoms with van der Waals surface area (Å²) in [5, 5.41) is 0.107. The molecule has 2 aromatic carbocycles. The lowest BCUT2D eigenvalue weighted by Gasteiger charge is -2.45. The normalized spacial score (nSPS) is 22.3. The Kier molecular flexibility index (Phi) is 10.6. The Bertz CT molecular complexity index is 954. The van der Waals surface area contributed by atoms with Crippen LogP contribution in [0, 0.1) is 11.8 Å². The molecule has 204 valence electrons. The minimum Gasteiger partial charge on any atom is -0.497 e. The van der Waals surface area contributed by atoms with Gasteiger partial charge in [-0.2, -0.15) is 0 Å². The second-order valence-electron chi connectivity index (χ2n) is 11.5. The maximum Gasteiger partial charge on any atom is 0.192 e. The summed E-state index contributed by atoms with van der Waals surface area (Å²) in [6, 6.07) is 18.2. The Morgan fingerprint density at radius 1 is 1.08 bits per heavy atom. The van der Waals surface area contributed by atoms with Crippen molar-refractivity contribution in [2.45, 2.75) is 77.4 Å². The molecule has 5 nitrogen and oxygen atoms in total. The van der Waals surface area contributed by atoms with Crippen LogP contribution in [-0.2, 0) is 25.2 Å². The lowest BCUT2D eigenvalue weighted by Crippen LogP contribution is -2.50. The predicted molar refractivity (Wildman–Crippen MR) is 152 cm³/mol. The number of ether oxygens (including phenoxy) is 4. The molecule has 0 N–H and O–H groups in total. The van der Waals surface area contributed by atoms with Gasteiger partial charge in [0.2, 0.25) is 0 Å².